The maximum atomic E-state index is 12.0. The van der Waals surface area contributed by atoms with E-state index in [2.05, 4.69) is 24.7 Å². The summed E-state index contributed by atoms with van der Waals surface area (Å²) in [7, 11) is 0. The van der Waals surface area contributed by atoms with E-state index in [1.807, 2.05) is 30.3 Å². The van der Waals surface area contributed by atoms with Gasteiger partial charge >= 0.3 is 6.18 Å². The molecule has 166 valence electrons. The summed E-state index contributed by atoms with van der Waals surface area (Å²) < 4.78 is 40.5. The highest BCUT2D eigenvalue weighted by molar-refractivity contribution is 5.90. The van der Waals surface area contributed by atoms with Gasteiger partial charge in [-0.1, -0.05) is 24.3 Å². The molecule has 0 unspecified atom stereocenters. The van der Waals surface area contributed by atoms with Crippen molar-refractivity contribution in [1.29, 1.82) is 0 Å². The minimum absolute atomic E-state index is 0.0862. The number of aromatic amines is 1. The molecular formula is C21H19F3N6O2. The van der Waals surface area contributed by atoms with Crippen molar-refractivity contribution in [3.05, 3.63) is 78.0 Å². The van der Waals surface area contributed by atoms with Crippen molar-refractivity contribution < 1.29 is 22.7 Å². The number of hydrogen-bond acceptors (Lipinski definition) is 6. The number of amides is 1. The van der Waals surface area contributed by atoms with Gasteiger partial charge in [-0.15, -0.1) is 0 Å². The van der Waals surface area contributed by atoms with E-state index in [0.717, 1.165) is 11.3 Å². The van der Waals surface area contributed by atoms with Crippen LogP contribution in [-0.2, 0) is 6.42 Å². The van der Waals surface area contributed by atoms with Crippen molar-refractivity contribution in [2.75, 3.05) is 12.3 Å². The predicted octanol–water partition coefficient (Wildman–Crippen LogP) is 3.25. The molecule has 1 amide bonds. The molecule has 0 aliphatic rings. The molecule has 4 rings (SSSR count). The summed E-state index contributed by atoms with van der Waals surface area (Å²) in [6.07, 6.45) is -1.40. The number of nitrogens with one attached hydrogen (secondary N) is 1. The van der Waals surface area contributed by atoms with E-state index >= 15 is 0 Å². The van der Waals surface area contributed by atoms with Crippen molar-refractivity contribution in [3.63, 3.8) is 0 Å². The highest BCUT2D eigenvalue weighted by Gasteiger charge is 2.28. The summed E-state index contributed by atoms with van der Waals surface area (Å²) >= 11 is 0. The van der Waals surface area contributed by atoms with Crippen LogP contribution in [0.25, 0.3) is 10.9 Å². The highest BCUT2D eigenvalue weighted by atomic mass is 19.4. The van der Waals surface area contributed by atoms with Crippen molar-refractivity contribution in [2.24, 2.45) is 5.73 Å². The van der Waals surface area contributed by atoms with Gasteiger partial charge in [0.1, 0.15) is 17.3 Å². The maximum Gasteiger partial charge on any atom is 0.422 e. The molecule has 0 fully saturated rings. The van der Waals surface area contributed by atoms with E-state index in [-0.39, 0.29) is 18.0 Å². The van der Waals surface area contributed by atoms with Gasteiger partial charge < -0.3 is 21.2 Å². The number of nitrogens with two attached hydrogens (primary N) is 2. The number of pyridine rings is 1. The number of nitrogens with zero attached hydrogens (tertiary/aromatic N) is 3. The van der Waals surface area contributed by atoms with E-state index < -0.39 is 18.7 Å². The number of carbonyl (C=O) groups excluding carboxylic acids is 1. The second-order valence-electron chi connectivity index (χ2n) is 6.62. The molecule has 0 saturated heterocycles. The number of rotatable bonds is 5. The van der Waals surface area contributed by atoms with Crippen molar-refractivity contribution in [3.8, 4) is 5.88 Å². The summed E-state index contributed by atoms with van der Waals surface area (Å²) in [5, 5.41) is 1.17. The number of ether oxygens (including phenoxy) is 1. The number of para-hydroxylation sites is 1. The van der Waals surface area contributed by atoms with E-state index in [0.29, 0.717) is 11.4 Å². The normalized spacial score (nSPS) is 11.0. The van der Waals surface area contributed by atoms with E-state index in [1.54, 1.807) is 6.07 Å². The third-order valence-electron chi connectivity index (χ3n) is 4.05. The molecule has 11 heteroatoms. The molecular weight excluding hydrogens is 425 g/mol. The zero-order valence-electron chi connectivity index (χ0n) is 16.6. The number of H-pyrrole nitrogens is 1. The summed E-state index contributed by atoms with van der Waals surface area (Å²) in [4.78, 5) is 25.8. The summed E-state index contributed by atoms with van der Waals surface area (Å²) in [6, 6.07) is 14.2. The topological polar surface area (TPSA) is 133 Å². The van der Waals surface area contributed by atoms with E-state index in [1.165, 1.54) is 29.9 Å². The first kappa shape index (κ1) is 22.5. The molecule has 0 bridgehead atoms. The number of halogens is 3. The smallest absolute Gasteiger partial charge is 0.422 e. The Bertz CT molecular complexity index is 1160. The molecule has 0 radical (unpaired) electrons. The SMILES string of the molecule is NC(=O)c1ccnc(Cc2ccc(OCC(F)(F)F)nc2)n1.Nc1cc2ccccc2[nH]1. The average Bonchev–Trinajstić information content (AvgIpc) is 3.13. The van der Waals surface area contributed by atoms with Crippen LogP contribution in [0.2, 0.25) is 0 Å². The quantitative estimate of drug-likeness (QED) is 0.433. The molecule has 0 atom stereocenters. The molecule has 0 saturated carbocycles. The molecule has 3 aromatic heterocycles. The Labute approximate surface area is 180 Å². The lowest BCUT2D eigenvalue weighted by atomic mass is 10.2. The lowest BCUT2D eigenvalue weighted by Crippen LogP contribution is -2.19. The third-order valence-corrected chi connectivity index (χ3v) is 4.05. The van der Waals surface area contributed by atoms with Crippen LogP contribution >= 0.6 is 0 Å². The molecule has 1 aromatic carbocycles. The Kier molecular flexibility index (Phi) is 6.88. The first-order valence-electron chi connectivity index (χ1n) is 9.29. The first-order valence-corrected chi connectivity index (χ1v) is 9.29. The Balaban J connectivity index is 0.000000238. The monoisotopic (exact) mass is 444 g/mol. The number of benzene rings is 1. The molecule has 5 N–H and O–H groups in total. The Morgan fingerprint density at radius 2 is 1.88 bits per heavy atom. The Morgan fingerprint density at radius 3 is 2.53 bits per heavy atom. The summed E-state index contributed by atoms with van der Waals surface area (Å²) in [5.74, 6) is 0.272. The van der Waals surface area contributed by atoms with Gasteiger partial charge in [-0.25, -0.2) is 15.0 Å². The number of alkyl halides is 3. The van der Waals surface area contributed by atoms with Crippen LogP contribution < -0.4 is 16.2 Å². The van der Waals surface area contributed by atoms with Crippen LogP contribution in [0.15, 0.2) is 60.9 Å². The van der Waals surface area contributed by atoms with Crippen LogP contribution in [-0.4, -0.2) is 38.6 Å². The molecule has 0 aliphatic carbocycles. The lowest BCUT2D eigenvalue weighted by molar-refractivity contribution is -0.154. The van der Waals surface area contributed by atoms with Gasteiger partial charge in [0, 0.05) is 35.8 Å². The van der Waals surface area contributed by atoms with Crippen molar-refractivity contribution in [1.82, 2.24) is 19.9 Å². The van der Waals surface area contributed by atoms with Gasteiger partial charge in [0.25, 0.3) is 5.91 Å². The number of primary amides is 1. The first-order chi connectivity index (χ1) is 15.2. The van der Waals surface area contributed by atoms with Crippen LogP contribution in [0.1, 0.15) is 21.9 Å². The molecule has 8 nitrogen and oxygen atoms in total. The largest absolute Gasteiger partial charge is 0.468 e. The van der Waals surface area contributed by atoms with Gasteiger partial charge in [-0.05, 0) is 23.8 Å². The number of anilines is 1. The second kappa shape index (κ2) is 9.77. The average molecular weight is 444 g/mol. The Hall–Kier alpha value is -4.15. The van der Waals surface area contributed by atoms with Crippen molar-refractivity contribution >= 4 is 22.6 Å². The zero-order chi connectivity index (χ0) is 23.1. The number of fused-ring (bicyclic) bond motifs is 1. The third kappa shape index (κ3) is 6.69. The van der Waals surface area contributed by atoms with Gasteiger partial charge in [0.15, 0.2) is 6.61 Å². The van der Waals surface area contributed by atoms with Crippen LogP contribution in [0.3, 0.4) is 0 Å². The predicted molar refractivity (Wildman–Crippen MR) is 112 cm³/mol. The molecule has 3 heterocycles. The molecule has 0 aliphatic heterocycles. The van der Waals surface area contributed by atoms with Crippen LogP contribution in [0.4, 0.5) is 19.0 Å². The number of aromatic nitrogens is 4. The maximum absolute atomic E-state index is 12.0. The number of hydrogen-bond donors (Lipinski definition) is 3. The highest BCUT2D eigenvalue weighted by Crippen LogP contribution is 2.17. The summed E-state index contributed by atoms with van der Waals surface area (Å²) in [5.41, 5.74) is 12.5. The molecule has 32 heavy (non-hydrogen) atoms. The van der Waals surface area contributed by atoms with Gasteiger partial charge in [-0.2, -0.15) is 13.2 Å². The van der Waals surface area contributed by atoms with E-state index in [4.69, 9.17) is 11.5 Å². The van der Waals surface area contributed by atoms with Crippen LogP contribution in [0, 0.1) is 0 Å². The fraction of sp³-hybridized carbons (Fsp3) is 0.143. The number of nitrogen functional groups attached to an aromatic ring is 1. The lowest BCUT2D eigenvalue weighted by Gasteiger charge is -2.08. The zero-order valence-corrected chi connectivity index (χ0v) is 16.6. The fourth-order valence-electron chi connectivity index (χ4n) is 2.66. The molecule has 0 spiro atoms. The van der Waals surface area contributed by atoms with Crippen LogP contribution in [0.5, 0.6) is 5.88 Å². The fourth-order valence-corrected chi connectivity index (χ4v) is 2.66. The van der Waals surface area contributed by atoms with Gasteiger partial charge in [-0.3, -0.25) is 4.79 Å². The van der Waals surface area contributed by atoms with Gasteiger partial charge in [0.05, 0.1) is 0 Å². The minimum atomic E-state index is -4.41. The van der Waals surface area contributed by atoms with E-state index in [9.17, 15) is 18.0 Å². The number of carbonyl (C=O) groups is 1. The summed E-state index contributed by atoms with van der Waals surface area (Å²) in [6.45, 7) is -1.40. The Morgan fingerprint density at radius 1 is 1.09 bits per heavy atom. The van der Waals surface area contributed by atoms with Gasteiger partial charge in [0.2, 0.25) is 5.88 Å². The minimum Gasteiger partial charge on any atom is -0.468 e. The standard InChI is InChI=1S/C13H11F3N4O2.C8H8N2/c14-13(15,16)7-22-11-2-1-8(6-19-11)5-10-18-4-3-9(20-10)12(17)21;9-8-5-6-3-1-2-4-7(6)10-8/h1-4,6H,5,7H2,(H2,17,21);1-5,10H,9H2. The second-order valence-corrected chi connectivity index (χ2v) is 6.62. The molecule has 4 aromatic rings. The van der Waals surface area contributed by atoms with Crippen molar-refractivity contribution in [2.45, 2.75) is 12.6 Å².